The second-order valence-corrected chi connectivity index (χ2v) is 4.47. The third kappa shape index (κ3) is 6.05. The summed E-state index contributed by atoms with van der Waals surface area (Å²) < 4.78 is 5.22. The van der Waals surface area contributed by atoms with E-state index in [2.05, 4.69) is 24.6 Å². The third-order valence-electron chi connectivity index (χ3n) is 2.52. The quantitative estimate of drug-likeness (QED) is 0.672. The third-order valence-corrected chi connectivity index (χ3v) is 2.52. The normalized spacial score (nSPS) is 17.7. The maximum absolute atomic E-state index is 11.4. The highest BCUT2D eigenvalue weighted by Gasteiger charge is 2.10. The summed E-state index contributed by atoms with van der Waals surface area (Å²) in [6.07, 6.45) is 1.03. The van der Waals surface area contributed by atoms with Gasteiger partial charge >= 0.3 is 0 Å². The van der Waals surface area contributed by atoms with Gasteiger partial charge in [-0.05, 0) is 12.3 Å². The van der Waals surface area contributed by atoms with Crippen molar-refractivity contribution >= 4 is 5.91 Å². The average Bonchev–Trinajstić information content (AvgIpc) is 2.27. The molecule has 0 atom stereocenters. The van der Waals surface area contributed by atoms with Gasteiger partial charge in [-0.2, -0.15) is 0 Å². The first-order chi connectivity index (χ1) is 7.68. The van der Waals surface area contributed by atoms with Crippen molar-refractivity contribution in [1.29, 1.82) is 0 Å². The fourth-order valence-electron chi connectivity index (χ4n) is 1.47. The van der Waals surface area contributed by atoms with Crippen LogP contribution in [0.3, 0.4) is 0 Å². The number of carbonyl (C=O) groups is 1. The first-order valence-electron chi connectivity index (χ1n) is 6.01. The molecule has 1 aliphatic heterocycles. The summed E-state index contributed by atoms with van der Waals surface area (Å²) in [5, 5.41) is 4.93. The number of hydrogen-bond acceptors (Lipinski definition) is 4. The predicted octanol–water partition coefficient (Wildman–Crippen LogP) is -0.0145. The molecule has 0 aromatic heterocycles. The Morgan fingerprint density at radius 3 is 2.69 bits per heavy atom. The highest BCUT2D eigenvalue weighted by atomic mass is 16.5. The zero-order valence-electron chi connectivity index (χ0n) is 10.3. The molecule has 0 aromatic rings. The van der Waals surface area contributed by atoms with E-state index in [0.717, 1.165) is 39.3 Å². The molecule has 0 unspecified atom stereocenters. The van der Waals surface area contributed by atoms with Crippen LogP contribution < -0.4 is 10.7 Å². The van der Waals surface area contributed by atoms with Gasteiger partial charge in [0, 0.05) is 19.6 Å². The fourth-order valence-corrected chi connectivity index (χ4v) is 1.47. The van der Waals surface area contributed by atoms with Crippen molar-refractivity contribution in [3.8, 4) is 0 Å². The molecule has 94 valence electrons. The van der Waals surface area contributed by atoms with Crippen LogP contribution in [0.4, 0.5) is 0 Å². The predicted molar refractivity (Wildman–Crippen MR) is 62.9 cm³/mol. The van der Waals surface area contributed by atoms with Gasteiger partial charge in [0.05, 0.1) is 19.8 Å². The summed E-state index contributed by atoms with van der Waals surface area (Å²) in [6, 6.07) is 0. The molecule has 5 nitrogen and oxygen atoms in total. The molecule has 1 fully saturated rings. The Hall–Kier alpha value is -0.650. The van der Waals surface area contributed by atoms with Gasteiger partial charge in [0.1, 0.15) is 0 Å². The van der Waals surface area contributed by atoms with E-state index < -0.39 is 0 Å². The van der Waals surface area contributed by atoms with Crippen molar-refractivity contribution in [3.63, 3.8) is 0 Å². The van der Waals surface area contributed by atoms with Gasteiger partial charge in [0.15, 0.2) is 0 Å². The first kappa shape index (κ1) is 13.4. The molecule has 1 heterocycles. The highest BCUT2D eigenvalue weighted by Crippen LogP contribution is 1.96. The number of ether oxygens (including phenoxy) is 1. The van der Waals surface area contributed by atoms with E-state index in [-0.39, 0.29) is 5.91 Å². The van der Waals surface area contributed by atoms with Crippen LogP contribution in [-0.2, 0) is 9.53 Å². The van der Waals surface area contributed by atoms with E-state index in [9.17, 15) is 4.79 Å². The van der Waals surface area contributed by atoms with Crippen molar-refractivity contribution < 1.29 is 9.53 Å². The number of amides is 1. The summed E-state index contributed by atoms with van der Waals surface area (Å²) >= 11 is 0. The van der Waals surface area contributed by atoms with Crippen molar-refractivity contribution in [2.24, 2.45) is 5.92 Å². The van der Waals surface area contributed by atoms with E-state index in [1.807, 2.05) is 5.01 Å². The minimum absolute atomic E-state index is 0.0622. The number of morpholine rings is 1. The second-order valence-electron chi connectivity index (χ2n) is 4.47. The maximum atomic E-state index is 11.4. The summed E-state index contributed by atoms with van der Waals surface area (Å²) in [5.74, 6) is 0.694. The number of carbonyl (C=O) groups excluding carboxylic acids is 1. The molecular formula is C11H23N3O2. The van der Waals surface area contributed by atoms with Gasteiger partial charge < -0.3 is 10.1 Å². The van der Waals surface area contributed by atoms with Gasteiger partial charge in [-0.1, -0.05) is 13.8 Å². The van der Waals surface area contributed by atoms with Crippen LogP contribution in [0, 0.1) is 5.92 Å². The zero-order valence-corrected chi connectivity index (χ0v) is 10.3. The molecular weight excluding hydrogens is 206 g/mol. The molecule has 1 rings (SSSR count). The molecule has 0 aromatic carbocycles. The van der Waals surface area contributed by atoms with E-state index in [4.69, 9.17) is 4.74 Å². The van der Waals surface area contributed by atoms with Crippen LogP contribution in [0.5, 0.6) is 0 Å². The van der Waals surface area contributed by atoms with Crippen molar-refractivity contribution in [3.05, 3.63) is 0 Å². The number of rotatable bonds is 6. The maximum Gasteiger partial charge on any atom is 0.235 e. The molecule has 0 aliphatic carbocycles. The fraction of sp³-hybridized carbons (Fsp3) is 0.909. The Bertz CT molecular complexity index is 203. The van der Waals surface area contributed by atoms with Crippen LogP contribution >= 0.6 is 0 Å². The average molecular weight is 229 g/mol. The summed E-state index contributed by atoms with van der Waals surface area (Å²) in [7, 11) is 0. The summed E-state index contributed by atoms with van der Waals surface area (Å²) in [6.45, 7) is 8.60. The molecule has 0 radical (unpaired) electrons. The van der Waals surface area contributed by atoms with E-state index in [1.165, 1.54) is 0 Å². The molecule has 2 N–H and O–H groups in total. The van der Waals surface area contributed by atoms with Gasteiger partial charge in [-0.25, -0.2) is 10.4 Å². The Balaban J connectivity index is 2.00. The van der Waals surface area contributed by atoms with Crippen LogP contribution in [0.1, 0.15) is 20.3 Å². The Morgan fingerprint density at radius 1 is 1.38 bits per heavy atom. The van der Waals surface area contributed by atoms with E-state index in [1.54, 1.807) is 0 Å². The van der Waals surface area contributed by atoms with Gasteiger partial charge in [0.25, 0.3) is 0 Å². The molecule has 5 heteroatoms. The molecule has 0 saturated carbocycles. The lowest BCUT2D eigenvalue weighted by Crippen LogP contribution is -2.49. The standard InChI is InChI=1S/C11H23N3O2/c1-10(2)3-4-12-11(15)9-13-14-5-7-16-8-6-14/h10,13H,3-9H2,1-2H3,(H,12,15). The van der Waals surface area contributed by atoms with Crippen LogP contribution in [0.2, 0.25) is 0 Å². The summed E-state index contributed by atoms with van der Waals surface area (Å²) in [5.41, 5.74) is 3.10. The Labute approximate surface area is 97.5 Å². The number of hydrogen-bond donors (Lipinski definition) is 2. The molecule has 1 aliphatic rings. The minimum Gasteiger partial charge on any atom is -0.379 e. The van der Waals surface area contributed by atoms with Gasteiger partial charge in [-0.15, -0.1) is 0 Å². The van der Waals surface area contributed by atoms with Crippen LogP contribution in [0.15, 0.2) is 0 Å². The largest absolute Gasteiger partial charge is 0.379 e. The van der Waals surface area contributed by atoms with Crippen molar-refractivity contribution in [2.75, 3.05) is 39.4 Å². The first-order valence-corrected chi connectivity index (χ1v) is 6.01. The van der Waals surface area contributed by atoms with Crippen molar-refractivity contribution in [2.45, 2.75) is 20.3 Å². The smallest absolute Gasteiger partial charge is 0.235 e. The zero-order chi connectivity index (χ0) is 11.8. The van der Waals surface area contributed by atoms with E-state index >= 15 is 0 Å². The van der Waals surface area contributed by atoms with Crippen molar-refractivity contribution in [1.82, 2.24) is 15.8 Å². The molecule has 1 saturated heterocycles. The molecule has 1 amide bonds. The minimum atomic E-state index is 0.0622. The summed E-state index contributed by atoms with van der Waals surface area (Å²) in [4.78, 5) is 11.4. The number of hydrazine groups is 1. The highest BCUT2D eigenvalue weighted by molar-refractivity contribution is 5.77. The number of nitrogens with one attached hydrogen (secondary N) is 2. The Kier molecular flexibility index (Phi) is 6.37. The van der Waals surface area contributed by atoms with Crippen LogP contribution in [0.25, 0.3) is 0 Å². The Morgan fingerprint density at radius 2 is 2.06 bits per heavy atom. The second kappa shape index (κ2) is 7.60. The monoisotopic (exact) mass is 229 g/mol. The van der Waals surface area contributed by atoms with E-state index in [0.29, 0.717) is 12.5 Å². The van der Waals surface area contributed by atoms with Gasteiger partial charge in [-0.3, -0.25) is 4.79 Å². The lowest BCUT2D eigenvalue weighted by atomic mass is 10.1. The SMILES string of the molecule is CC(C)CCNC(=O)CNN1CCOCC1. The molecule has 16 heavy (non-hydrogen) atoms. The molecule has 0 bridgehead atoms. The lowest BCUT2D eigenvalue weighted by molar-refractivity contribution is -0.121. The topological polar surface area (TPSA) is 53.6 Å². The van der Waals surface area contributed by atoms with Crippen LogP contribution in [-0.4, -0.2) is 50.3 Å². The lowest BCUT2D eigenvalue weighted by Gasteiger charge is -2.26. The number of nitrogens with zero attached hydrogens (tertiary/aromatic N) is 1. The van der Waals surface area contributed by atoms with Gasteiger partial charge in [0.2, 0.25) is 5.91 Å². The molecule has 0 spiro atoms.